The average molecular weight is 329 g/mol. The van der Waals surface area contributed by atoms with Gasteiger partial charge < -0.3 is 14.6 Å². The molecule has 1 saturated carbocycles. The monoisotopic (exact) mass is 329 g/mol. The van der Waals surface area contributed by atoms with E-state index in [1.807, 2.05) is 36.1 Å². The van der Waals surface area contributed by atoms with Crippen molar-refractivity contribution in [3.05, 3.63) is 53.9 Å². The van der Waals surface area contributed by atoms with E-state index < -0.39 is 0 Å². The van der Waals surface area contributed by atoms with Gasteiger partial charge in [-0.15, -0.1) is 0 Å². The fourth-order valence-electron chi connectivity index (χ4n) is 3.92. The second-order valence-electron chi connectivity index (χ2n) is 7.02. The lowest BCUT2D eigenvalue weighted by atomic mass is 9.75. The molecule has 1 aliphatic carbocycles. The number of rotatable bonds is 4. The summed E-state index contributed by atoms with van der Waals surface area (Å²) in [5.41, 5.74) is 1.25. The molecule has 0 bridgehead atoms. The van der Waals surface area contributed by atoms with Gasteiger partial charge in [-0.3, -0.25) is 0 Å². The number of hydrogen-bond donors (Lipinski definition) is 1. The van der Waals surface area contributed by atoms with Crippen molar-refractivity contribution in [1.82, 2.24) is 14.9 Å². The van der Waals surface area contributed by atoms with Gasteiger partial charge >= 0.3 is 0 Å². The molecule has 1 aromatic carbocycles. The van der Waals surface area contributed by atoms with Crippen molar-refractivity contribution in [2.75, 3.05) is 6.61 Å². The van der Waals surface area contributed by atoms with Crippen molar-refractivity contribution in [1.29, 1.82) is 0 Å². The molecule has 2 heterocycles. The third kappa shape index (κ3) is 3.10. The van der Waals surface area contributed by atoms with Gasteiger partial charge in [-0.05, 0) is 49.3 Å². The minimum absolute atomic E-state index is 0.0311. The Morgan fingerprint density at radius 2 is 2.04 bits per heavy atom. The second kappa shape index (κ2) is 6.65. The minimum atomic E-state index is -0.162. The van der Waals surface area contributed by atoms with Crippen LogP contribution in [0.2, 0.25) is 0 Å². The molecule has 0 unspecified atom stereocenters. The van der Waals surface area contributed by atoms with Crippen LogP contribution in [0.5, 0.6) is 0 Å². The number of benzene rings is 1. The third-order valence-corrected chi connectivity index (χ3v) is 5.36. The summed E-state index contributed by atoms with van der Waals surface area (Å²) in [6, 6.07) is 7.77. The van der Waals surface area contributed by atoms with Crippen LogP contribution in [0, 0.1) is 5.82 Å². The number of hydrogen-bond acceptors (Lipinski definition) is 3. The van der Waals surface area contributed by atoms with E-state index in [4.69, 9.17) is 4.74 Å². The van der Waals surface area contributed by atoms with E-state index in [-0.39, 0.29) is 11.9 Å². The van der Waals surface area contributed by atoms with E-state index in [0.29, 0.717) is 18.0 Å². The molecule has 1 aromatic heterocycles. The molecule has 24 heavy (non-hydrogen) atoms. The molecule has 2 atom stereocenters. The van der Waals surface area contributed by atoms with Crippen LogP contribution in [0.15, 0.2) is 36.7 Å². The largest absolute Gasteiger partial charge is 0.369 e. The summed E-state index contributed by atoms with van der Waals surface area (Å²) in [6.07, 6.45) is 8.26. The third-order valence-electron chi connectivity index (χ3n) is 5.36. The molecule has 4 rings (SSSR count). The first kappa shape index (κ1) is 15.8. The first-order chi connectivity index (χ1) is 11.7. The summed E-state index contributed by atoms with van der Waals surface area (Å²) in [7, 11) is 2.02. The molecule has 5 heteroatoms. The lowest BCUT2D eigenvalue weighted by molar-refractivity contribution is -0.0240. The van der Waals surface area contributed by atoms with Crippen LogP contribution in [0.3, 0.4) is 0 Å². The molecule has 2 aromatic rings. The summed E-state index contributed by atoms with van der Waals surface area (Å²) < 4.78 is 21.1. The number of halogens is 1. The van der Waals surface area contributed by atoms with Crippen molar-refractivity contribution >= 4 is 0 Å². The normalized spacial score (nSPS) is 30.1. The van der Waals surface area contributed by atoms with E-state index in [2.05, 4.69) is 10.3 Å². The summed E-state index contributed by atoms with van der Waals surface area (Å²) in [5.74, 6) is 1.38. The van der Waals surface area contributed by atoms with Crippen LogP contribution in [0.1, 0.15) is 49.1 Å². The van der Waals surface area contributed by atoms with Gasteiger partial charge in [-0.2, -0.15) is 0 Å². The zero-order valence-corrected chi connectivity index (χ0v) is 14.0. The van der Waals surface area contributed by atoms with Crippen molar-refractivity contribution in [2.45, 2.75) is 49.8 Å². The molecule has 0 spiro atoms. The fourth-order valence-corrected chi connectivity index (χ4v) is 3.92. The SMILES string of the molecule is Cn1ccnc1[C@H]1OCCC[C@@H]1NC1CC(c2ccc(F)cc2)C1. The molecule has 1 N–H and O–H groups in total. The van der Waals surface area contributed by atoms with Crippen LogP contribution in [-0.2, 0) is 11.8 Å². The molecule has 128 valence electrons. The fraction of sp³-hybridized carbons (Fsp3) is 0.526. The molecule has 0 amide bonds. The van der Waals surface area contributed by atoms with Crippen LogP contribution in [0.4, 0.5) is 4.39 Å². The van der Waals surface area contributed by atoms with E-state index in [9.17, 15) is 4.39 Å². The minimum Gasteiger partial charge on any atom is -0.369 e. The average Bonchev–Trinajstić information content (AvgIpc) is 2.98. The zero-order valence-electron chi connectivity index (χ0n) is 14.0. The number of aromatic nitrogens is 2. The maximum Gasteiger partial charge on any atom is 0.139 e. The molecule has 1 saturated heterocycles. The maximum atomic E-state index is 13.0. The zero-order chi connectivity index (χ0) is 16.5. The van der Waals surface area contributed by atoms with Crippen molar-refractivity contribution in [3.63, 3.8) is 0 Å². The van der Waals surface area contributed by atoms with Gasteiger partial charge in [0, 0.05) is 38.1 Å². The van der Waals surface area contributed by atoms with E-state index >= 15 is 0 Å². The van der Waals surface area contributed by atoms with Gasteiger partial charge in [0.25, 0.3) is 0 Å². The van der Waals surface area contributed by atoms with Gasteiger partial charge in [0.1, 0.15) is 17.7 Å². The summed E-state index contributed by atoms with van der Waals surface area (Å²) in [5, 5.41) is 3.78. The van der Waals surface area contributed by atoms with Crippen molar-refractivity contribution < 1.29 is 9.13 Å². The van der Waals surface area contributed by atoms with E-state index in [0.717, 1.165) is 38.1 Å². The number of nitrogens with zero attached hydrogens (tertiary/aromatic N) is 2. The highest BCUT2D eigenvalue weighted by Gasteiger charge is 2.36. The smallest absolute Gasteiger partial charge is 0.139 e. The lowest BCUT2D eigenvalue weighted by Crippen LogP contribution is -2.50. The van der Waals surface area contributed by atoms with Gasteiger partial charge in [-0.1, -0.05) is 12.1 Å². The number of nitrogens with one attached hydrogen (secondary N) is 1. The van der Waals surface area contributed by atoms with Crippen LogP contribution >= 0.6 is 0 Å². The Hall–Kier alpha value is -1.72. The van der Waals surface area contributed by atoms with Gasteiger partial charge in [0.15, 0.2) is 0 Å². The van der Waals surface area contributed by atoms with Gasteiger partial charge in [-0.25, -0.2) is 9.37 Å². The van der Waals surface area contributed by atoms with E-state index in [1.165, 1.54) is 5.56 Å². The van der Waals surface area contributed by atoms with E-state index in [1.54, 1.807) is 12.1 Å². The van der Waals surface area contributed by atoms with Crippen molar-refractivity contribution in [3.8, 4) is 0 Å². The number of imidazole rings is 1. The Bertz CT molecular complexity index is 678. The maximum absolute atomic E-state index is 13.0. The molecular weight excluding hydrogens is 305 g/mol. The first-order valence-electron chi connectivity index (χ1n) is 8.81. The highest BCUT2D eigenvalue weighted by Crippen LogP contribution is 2.38. The molecule has 0 radical (unpaired) electrons. The van der Waals surface area contributed by atoms with Crippen LogP contribution < -0.4 is 5.32 Å². The topological polar surface area (TPSA) is 39.1 Å². The molecule has 2 fully saturated rings. The van der Waals surface area contributed by atoms with Crippen LogP contribution in [0.25, 0.3) is 0 Å². The molecule has 2 aliphatic rings. The summed E-state index contributed by atoms with van der Waals surface area (Å²) >= 11 is 0. The Balaban J connectivity index is 1.37. The highest BCUT2D eigenvalue weighted by atomic mass is 19.1. The molecule has 1 aliphatic heterocycles. The Morgan fingerprint density at radius 3 is 2.75 bits per heavy atom. The second-order valence-corrected chi connectivity index (χ2v) is 7.02. The first-order valence-corrected chi connectivity index (χ1v) is 8.81. The predicted molar refractivity (Wildman–Crippen MR) is 90.2 cm³/mol. The predicted octanol–water partition coefficient (Wildman–Crippen LogP) is 3.32. The highest BCUT2D eigenvalue weighted by molar-refractivity contribution is 5.23. The van der Waals surface area contributed by atoms with Crippen LogP contribution in [-0.4, -0.2) is 28.2 Å². The summed E-state index contributed by atoms with van der Waals surface area (Å²) in [4.78, 5) is 4.47. The Kier molecular flexibility index (Phi) is 4.37. The summed E-state index contributed by atoms with van der Waals surface area (Å²) in [6.45, 7) is 0.804. The van der Waals surface area contributed by atoms with Gasteiger partial charge in [0.2, 0.25) is 0 Å². The van der Waals surface area contributed by atoms with Crippen molar-refractivity contribution in [2.24, 2.45) is 7.05 Å². The molecular formula is C19H24FN3O. The Labute approximate surface area is 142 Å². The standard InChI is InChI=1S/C19H24FN3O/c1-23-9-8-21-19(23)18-17(3-2-10-24-18)22-16-11-14(12-16)13-4-6-15(20)7-5-13/h4-9,14,16-18,22H,2-3,10-12H2,1H3/t14?,16?,17-,18-/m0/s1. The Morgan fingerprint density at radius 1 is 1.25 bits per heavy atom. The van der Waals surface area contributed by atoms with Gasteiger partial charge in [0.05, 0.1) is 0 Å². The number of ether oxygens (including phenoxy) is 1. The number of aryl methyl sites for hydroxylation is 1. The quantitative estimate of drug-likeness (QED) is 0.935. The molecule has 4 nitrogen and oxygen atoms in total. The lowest BCUT2D eigenvalue weighted by Gasteiger charge is -2.41.